The standard InChI is InChI=1S/C18H27N5/c1-21-11-6-15(7-12-21)17-20-16-5-4-8-19-18(16)23(17)14-13-22-9-2-3-10-22/h4-5,8,15H,2-3,6-7,9-14H2,1H3. The Morgan fingerprint density at radius 1 is 1.09 bits per heavy atom. The summed E-state index contributed by atoms with van der Waals surface area (Å²) in [5.74, 6) is 1.85. The van der Waals surface area contributed by atoms with Crippen LogP contribution in [-0.4, -0.2) is 64.1 Å². The second-order valence-electron chi connectivity index (χ2n) is 7.09. The number of rotatable bonds is 4. The molecule has 0 unspecified atom stereocenters. The SMILES string of the molecule is CN1CCC(c2nc3cccnc3n2CCN2CCCC2)CC1. The van der Waals surface area contributed by atoms with Crippen LogP contribution in [0.5, 0.6) is 0 Å². The first-order valence-corrected chi connectivity index (χ1v) is 9.03. The lowest BCUT2D eigenvalue weighted by Crippen LogP contribution is -2.31. The molecule has 2 saturated heterocycles. The van der Waals surface area contributed by atoms with E-state index >= 15 is 0 Å². The fourth-order valence-corrected chi connectivity index (χ4v) is 4.02. The predicted molar refractivity (Wildman–Crippen MR) is 92.7 cm³/mol. The minimum atomic E-state index is 0.582. The zero-order chi connectivity index (χ0) is 15.6. The molecule has 5 heteroatoms. The monoisotopic (exact) mass is 313 g/mol. The minimum Gasteiger partial charge on any atom is -0.311 e. The summed E-state index contributed by atoms with van der Waals surface area (Å²) in [6.45, 7) is 7.00. The number of likely N-dealkylation sites (tertiary alicyclic amines) is 2. The smallest absolute Gasteiger partial charge is 0.160 e. The van der Waals surface area contributed by atoms with Gasteiger partial charge in [0.15, 0.2) is 5.65 Å². The van der Waals surface area contributed by atoms with Crippen LogP contribution in [0.1, 0.15) is 37.4 Å². The molecule has 0 radical (unpaired) electrons. The van der Waals surface area contributed by atoms with Gasteiger partial charge in [-0.25, -0.2) is 9.97 Å². The summed E-state index contributed by atoms with van der Waals surface area (Å²) in [6.07, 6.45) is 7.03. The highest BCUT2D eigenvalue weighted by Gasteiger charge is 2.25. The Labute approximate surface area is 138 Å². The van der Waals surface area contributed by atoms with Gasteiger partial charge in [-0.2, -0.15) is 0 Å². The molecule has 0 spiro atoms. The molecule has 2 aliphatic rings. The Bertz CT molecular complexity index is 650. The lowest BCUT2D eigenvalue weighted by molar-refractivity contribution is 0.247. The maximum atomic E-state index is 4.97. The average molecular weight is 313 g/mol. The number of hydrogen-bond acceptors (Lipinski definition) is 4. The molecule has 23 heavy (non-hydrogen) atoms. The van der Waals surface area contributed by atoms with Crippen LogP contribution in [0, 0.1) is 0 Å². The fraction of sp³-hybridized carbons (Fsp3) is 0.667. The molecule has 124 valence electrons. The van der Waals surface area contributed by atoms with Gasteiger partial charge in [-0.05, 0) is 71.0 Å². The van der Waals surface area contributed by atoms with Gasteiger partial charge in [0, 0.05) is 25.2 Å². The van der Waals surface area contributed by atoms with Crippen LogP contribution < -0.4 is 0 Å². The van der Waals surface area contributed by atoms with Crippen LogP contribution in [0.4, 0.5) is 0 Å². The van der Waals surface area contributed by atoms with E-state index in [9.17, 15) is 0 Å². The molecule has 0 aromatic carbocycles. The largest absolute Gasteiger partial charge is 0.311 e. The molecule has 2 aliphatic heterocycles. The highest BCUT2D eigenvalue weighted by Crippen LogP contribution is 2.29. The molecule has 0 saturated carbocycles. The maximum Gasteiger partial charge on any atom is 0.160 e. The quantitative estimate of drug-likeness (QED) is 0.868. The number of pyridine rings is 1. The summed E-state index contributed by atoms with van der Waals surface area (Å²) in [4.78, 5) is 14.6. The Hall–Kier alpha value is -1.46. The first-order chi connectivity index (χ1) is 11.3. The van der Waals surface area contributed by atoms with E-state index < -0.39 is 0 Å². The van der Waals surface area contributed by atoms with Crippen molar-refractivity contribution in [3.63, 3.8) is 0 Å². The topological polar surface area (TPSA) is 37.2 Å². The van der Waals surface area contributed by atoms with E-state index in [4.69, 9.17) is 4.98 Å². The summed E-state index contributed by atoms with van der Waals surface area (Å²) in [5.41, 5.74) is 2.13. The van der Waals surface area contributed by atoms with E-state index in [-0.39, 0.29) is 0 Å². The second-order valence-corrected chi connectivity index (χ2v) is 7.09. The molecule has 4 heterocycles. The van der Waals surface area contributed by atoms with Gasteiger partial charge in [0.1, 0.15) is 11.3 Å². The second kappa shape index (κ2) is 6.57. The number of hydrogen-bond donors (Lipinski definition) is 0. The van der Waals surface area contributed by atoms with E-state index in [0.717, 1.165) is 24.3 Å². The molecular weight excluding hydrogens is 286 g/mol. The van der Waals surface area contributed by atoms with E-state index in [0.29, 0.717) is 5.92 Å². The minimum absolute atomic E-state index is 0.582. The van der Waals surface area contributed by atoms with Crippen molar-refractivity contribution in [2.75, 3.05) is 39.8 Å². The third-order valence-corrected chi connectivity index (χ3v) is 5.46. The molecule has 4 rings (SSSR count). The van der Waals surface area contributed by atoms with Crippen molar-refractivity contribution >= 4 is 11.2 Å². The Kier molecular flexibility index (Phi) is 4.31. The number of nitrogens with zero attached hydrogens (tertiary/aromatic N) is 5. The molecule has 0 atom stereocenters. The Morgan fingerprint density at radius 2 is 1.87 bits per heavy atom. The van der Waals surface area contributed by atoms with Crippen molar-refractivity contribution in [3.8, 4) is 0 Å². The van der Waals surface area contributed by atoms with Gasteiger partial charge in [-0.3, -0.25) is 0 Å². The summed E-state index contributed by atoms with van der Waals surface area (Å²) in [7, 11) is 2.22. The third kappa shape index (κ3) is 3.12. The number of piperidine rings is 1. The van der Waals surface area contributed by atoms with Crippen molar-refractivity contribution in [1.82, 2.24) is 24.3 Å². The number of aromatic nitrogens is 3. The summed E-state index contributed by atoms with van der Waals surface area (Å²) in [6, 6.07) is 4.10. The van der Waals surface area contributed by atoms with E-state index in [1.165, 1.54) is 57.7 Å². The van der Waals surface area contributed by atoms with Gasteiger partial charge in [0.2, 0.25) is 0 Å². The molecule has 0 amide bonds. The molecule has 0 bridgehead atoms. The van der Waals surface area contributed by atoms with Crippen molar-refractivity contribution in [2.24, 2.45) is 0 Å². The van der Waals surface area contributed by atoms with Crippen LogP contribution in [-0.2, 0) is 6.54 Å². The van der Waals surface area contributed by atoms with E-state index in [2.05, 4.69) is 32.5 Å². The van der Waals surface area contributed by atoms with Crippen LogP contribution >= 0.6 is 0 Å². The van der Waals surface area contributed by atoms with Gasteiger partial charge in [0.25, 0.3) is 0 Å². The molecule has 2 aromatic rings. The molecule has 5 nitrogen and oxygen atoms in total. The zero-order valence-electron chi connectivity index (χ0n) is 14.1. The Morgan fingerprint density at radius 3 is 2.65 bits per heavy atom. The van der Waals surface area contributed by atoms with Crippen LogP contribution in [0.2, 0.25) is 0 Å². The summed E-state index contributed by atoms with van der Waals surface area (Å²) < 4.78 is 2.41. The molecule has 0 aliphatic carbocycles. The lowest BCUT2D eigenvalue weighted by atomic mass is 9.96. The van der Waals surface area contributed by atoms with Gasteiger partial charge in [-0.1, -0.05) is 0 Å². The molecular formula is C18H27N5. The van der Waals surface area contributed by atoms with E-state index in [1.807, 2.05) is 12.3 Å². The molecule has 2 fully saturated rings. The van der Waals surface area contributed by atoms with Gasteiger partial charge >= 0.3 is 0 Å². The fourth-order valence-electron chi connectivity index (χ4n) is 4.02. The van der Waals surface area contributed by atoms with Gasteiger partial charge < -0.3 is 14.4 Å². The third-order valence-electron chi connectivity index (χ3n) is 5.46. The van der Waals surface area contributed by atoms with Crippen LogP contribution in [0.3, 0.4) is 0 Å². The van der Waals surface area contributed by atoms with Gasteiger partial charge in [0.05, 0.1) is 0 Å². The van der Waals surface area contributed by atoms with Gasteiger partial charge in [-0.15, -0.1) is 0 Å². The maximum absolute atomic E-state index is 4.97. The highest BCUT2D eigenvalue weighted by atomic mass is 15.2. The van der Waals surface area contributed by atoms with Crippen LogP contribution in [0.15, 0.2) is 18.3 Å². The highest BCUT2D eigenvalue weighted by molar-refractivity contribution is 5.71. The van der Waals surface area contributed by atoms with Crippen molar-refractivity contribution in [3.05, 3.63) is 24.2 Å². The molecule has 2 aromatic heterocycles. The first-order valence-electron chi connectivity index (χ1n) is 9.03. The van der Waals surface area contributed by atoms with Crippen LogP contribution in [0.25, 0.3) is 11.2 Å². The zero-order valence-corrected chi connectivity index (χ0v) is 14.1. The summed E-state index contributed by atoms with van der Waals surface area (Å²) >= 11 is 0. The Balaban J connectivity index is 1.61. The first kappa shape index (κ1) is 15.1. The van der Waals surface area contributed by atoms with Crippen molar-refractivity contribution in [1.29, 1.82) is 0 Å². The molecule has 0 N–H and O–H groups in total. The normalized spacial score (nSPS) is 21.4. The summed E-state index contributed by atoms with van der Waals surface area (Å²) in [5, 5.41) is 0. The lowest BCUT2D eigenvalue weighted by Gasteiger charge is -2.29. The van der Waals surface area contributed by atoms with Crippen molar-refractivity contribution in [2.45, 2.75) is 38.1 Å². The average Bonchev–Trinajstić information content (AvgIpc) is 3.21. The van der Waals surface area contributed by atoms with E-state index in [1.54, 1.807) is 0 Å². The number of fused-ring (bicyclic) bond motifs is 1. The van der Waals surface area contributed by atoms with Crippen molar-refractivity contribution < 1.29 is 0 Å². The predicted octanol–water partition coefficient (Wildman–Crippen LogP) is 2.34. The number of imidazole rings is 1.